The third-order valence-corrected chi connectivity index (χ3v) is 2.92. The quantitative estimate of drug-likeness (QED) is 0.582. The summed E-state index contributed by atoms with van der Waals surface area (Å²) in [6.45, 7) is 1.98. The molecule has 0 aliphatic carbocycles. The minimum atomic E-state index is 0.846. The van der Waals surface area contributed by atoms with Gasteiger partial charge in [0.05, 0.1) is 0 Å². The standard InChI is InChI=1S/C12H12N2S/c1-10-7-8-13-12(14-10)15-9-11-5-3-2-4-6-11/h2-8H,9H2,1H3. The maximum Gasteiger partial charge on any atom is 0.188 e. The minimum absolute atomic E-state index is 0.846. The summed E-state index contributed by atoms with van der Waals surface area (Å²) in [6.07, 6.45) is 1.80. The monoisotopic (exact) mass is 216 g/mol. The third kappa shape index (κ3) is 3.06. The number of aryl methyl sites for hydroxylation is 1. The Hall–Kier alpha value is -1.35. The van der Waals surface area contributed by atoms with Gasteiger partial charge < -0.3 is 0 Å². The van der Waals surface area contributed by atoms with Gasteiger partial charge in [0, 0.05) is 17.6 Å². The first-order chi connectivity index (χ1) is 7.34. The summed E-state index contributed by atoms with van der Waals surface area (Å²) in [7, 11) is 0. The molecule has 0 amide bonds. The molecular weight excluding hydrogens is 204 g/mol. The van der Waals surface area contributed by atoms with Crippen LogP contribution < -0.4 is 0 Å². The van der Waals surface area contributed by atoms with Crippen LogP contribution in [-0.4, -0.2) is 9.97 Å². The normalized spacial score (nSPS) is 10.2. The molecule has 76 valence electrons. The molecule has 1 aromatic heterocycles. The van der Waals surface area contributed by atoms with E-state index in [1.165, 1.54) is 5.56 Å². The summed E-state index contributed by atoms with van der Waals surface area (Å²) in [5.41, 5.74) is 2.31. The van der Waals surface area contributed by atoms with E-state index in [4.69, 9.17) is 0 Å². The van der Waals surface area contributed by atoms with Gasteiger partial charge in [0.15, 0.2) is 5.16 Å². The van der Waals surface area contributed by atoms with E-state index >= 15 is 0 Å². The van der Waals surface area contributed by atoms with E-state index in [9.17, 15) is 0 Å². The van der Waals surface area contributed by atoms with Crippen molar-refractivity contribution in [3.05, 3.63) is 53.9 Å². The van der Waals surface area contributed by atoms with Gasteiger partial charge in [-0.05, 0) is 18.6 Å². The lowest BCUT2D eigenvalue weighted by Gasteiger charge is -2.00. The van der Waals surface area contributed by atoms with E-state index in [1.807, 2.05) is 31.2 Å². The Morgan fingerprint density at radius 2 is 1.93 bits per heavy atom. The van der Waals surface area contributed by atoms with Crippen molar-refractivity contribution >= 4 is 11.8 Å². The van der Waals surface area contributed by atoms with Crippen molar-refractivity contribution in [2.24, 2.45) is 0 Å². The van der Waals surface area contributed by atoms with Crippen LogP contribution in [0.5, 0.6) is 0 Å². The lowest BCUT2D eigenvalue weighted by molar-refractivity contribution is 0.932. The Kier molecular flexibility index (Phi) is 3.35. The second kappa shape index (κ2) is 4.94. The Bertz CT molecular complexity index is 429. The minimum Gasteiger partial charge on any atom is -0.231 e. The highest BCUT2D eigenvalue weighted by Gasteiger charge is 1.98. The van der Waals surface area contributed by atoms with Crippen molar-refractivity contribution in [1.29, 1.82) is 0 Å². The Labute approximate surface area is 93.8 Å². The molecule has 0 N–H and O–H groups in total. The van der Waals surface area contributed by atoms with Gasteiger partial charge in [-0.3, -0.25) is 0 Å². The molecule has 1 aromatic carbocycles. The fourth-order valence-corrected chi connectivity index (χ4v) is 2.05. The summed E-state index contributed by atoms with van der Waals surface area (Å²) in [4.78, 5) is 8.55. The van der Waals surface area contributed by atoms with E-state index in [2.05, 4.69) is 22.1 Å². The summed E-state index contributed by atoms with van der Waals surface area (Å²) in [6, 6.07) is 12.3. The molecule has 0 radical (unpaired) electrons. The predicted octanol–water partition coefficient (Wildman–Crippen LogP) is 3.08. The van der Waals surface area contributed by atoms with Gasteiger partial charge in [0.1, 0.15) is 0 Å². The summed E-state index contributed by atoms with van der Waals surface area (Å²) < 4.78 is 0. The second-order valence-electron chi connectivity index (χ2n) is 3.25. The van der Waals surface area contributed by atoms with Crippen LogP contribution in [0.4, 0.5) is 0 Å². The maximum absolute atomic E-state index is 4.34. The largest absolute Gasteiger partial charge is 0.231 e. The van der Waals surface area contributed by atoms with Crippen molar-refractivity contribution in [3.63, 3.8) is 0 Å². The number of hydrogen-bond donors (Lipinski definition) is 0. The second-order valence-corrected chi connectivity index (χ2v) is 4.20. The molecule has 2 rings (SSSR count). The number of benzene rings is 1. The summed E-state index contributed by atoms with van der Waals surface area (Å²) >= 11 is 1.67. The fraction of sp³-hybridized carbons (Fsp3) is 0.167. The van der Waals surface area contributed by atoms with Gasteiger partial charge in [-0.15, -0.1) is 0 Å². The van der Waals surface area contributed by atoms with Gasteiger partial charge in [-0.25, -0.2) is 9.97 Å². The predicted molar refractivity (Wildman–Crippen MR) is 62.8 cm³/mol. The highest BCUT2D eigenvalue weighted by molar-refractivity contribution is 7.98. The van der Waals surface area contributed by atoms with Crippen LogP contribution in [0.1, 0.15) is 11.3 Å². The van der Waals surface area contributed by atoms with Gasteiger partial charge in [0.2, 0.25) is 0 Å². The highest BCUT2D eigenvalue weighted by Crippen LogP contribution is 2.18. The SMILES string of the molecule is Cc1ccnc(SCc2ccccc2)n1. The molecule has 1 heterocycles. The Morgan fingerprint density at radius 3 is 2.67 bits per heavy atom. The average molecular weight is 216 g/mol. The molecule has 0 aliphatic rings. The van der Waals surface area contributed by atoms with Crippen LogP contribution in [0, 0.1) is 6.92 Å². The average Bonchev–Trinajstić information content (AvgIpc) is 2.28. The Balaban J connectivity index is 1.99. The zero-order valence-electron chi connectivity index (χ0n) is 8.55. The molecule has 0 spiro atoms. The van der Waals surface area contributed by atoms with E-state index in [1.54, 1.807) is 18.0 Å². The first-order valence-corrected chi connectivity index (χ1v) is 5.79. The molecular formula is C12H12N2S. The smallest absolute Gasteiger partial charge is 0.188 e. The molecule has 0 bridgehead atoms. The zero-order valence-corrected chi connectivity index (χ0v) is 9.37. The van der Waals surface area contributed by atoms with Gasteiger partial charge in [-0.1, -0.05) is 42.1 Å². The van der Waals surface area contributed by atoms with Crippen LogP contribution >= 0.6 is 11.8 Å². The summed E-state index contributed by atoms with van der Waals surface area (Å²) in [5, 5.41) is 0.846. The molecule has 0 saturated carbocycles. The van der Waals surface area contributed by atoms with E-state index in [0.29, 0.717) is 0 Å². The molecule has 0 fully saturated rings. The number of aromatic nitrogens is 2. The van der Waals surface area contributed by atoms with Crippen LogP contribution in [-0.2, 0) is 5.75 Å². The molecule has 0 atom stereocenters. The van der Waals surface area contributed by atoms with Crippen molar-refractivity contribution in [1.82, 2.24) is 9.97 Å². The fourth-order valence-electron chi connectivity index (χ4n) is 1.22. The zero-order chi connectivity index (χ0) is 10.5. The van der Waals surface area contributed by atoms with Crippen molar-refractivity contribution in [2.75, 3.05) is 0 Å². The molecule has 2 aromatic rings. The molecule has 0 aliphatic heterocycles. The van der Waals surface area contributed by atoms with Gasteiger partial charge in [-0.2, -0.15) is 0 Å². The lowest BCUT2D eigenvalue weighted by atomic mass is 10.2. The number of thioether (sulfide) groups is 1. The van der Waals surface area contributed by atoms with Crippen molar-refractivity contribution in [3.8, 4) is 0 Å². The maximum atomic E-state index is 4.34. The van der Waals surface area contributed by atoms with Crippen molar-refractivity contribution in [2.45, 2.75) is 17.8 Å². The third-order valence-electron chi connectivity index (χ3n) is 1.98. The molecule has 2 nitrogen and oxygen atoms in total. The van der Waals surface area contributed by atoms with E-state index in [0.717, 1.165) is 16.6 Å². The Morgan fingerprint density at radius 1 is 1.13 bits per heavy atom. The van der Waals surface area contributed by atoms with E-state index < -0.39 is 0 Å². The number of hydrogen-bond acceptors (Lipinski definition) is 3. The number of nitrogens with zero attached hydrogens (tertiary/aromatic N) is 2. The van der Waals surface area contributed by atoms with Crippen LogP contribution in [0.25, 0.3) is 0 Å². The molecule has 15 heavy (non-hydrogen) atoms. The molecule has 0 unspecified atom stereocenters. The lowest BCUT2D eigenvalue weighted by Crippen LogP contribution is -1.88. The van der Waals surface area contributed by atoms with Gasteiger partial charge in [0.25, 0.3) is 0 Å². The summed E-state index contributed by atoms with van der Waals surface area (Å²) in [5.74, 6) is 0.921. The number of rotatable bonds is 3. The van der Waals surface area contributed by atoms with Gasteiger partial charge >= 0.3 is 0 Å². The first-order valence-electron chi connectivity index (χ1n) is 4.81. The molecule has 3 heteroatoms. The van der Waals surface area contributed by atoms with Crippen LogP contribution in [0.3, 0.4) is 0 Å². The first kappa shape index (κ1) is 10.2. The highest BCUT2D eigenvalue weighted by atomic mass is 32.2. The van der Waals surface area contributed by atoms with Crippen molar-refractivity contribution < 1.29 is 0 Å². The molecule has 0 saturated heterocycles. The van der Waals surface area contributed by atoms with Crippen LogP contribution in [0.2, 0.25) is 0 Å². The van der Waals surface area contributed by atoms with E-state index in [-0.39, 0.29) is 0 Å². The topological polar surface area (TPSA) is 25.8 Å². The van der Waals surface area contributed by atoms with Crippen LogP contribution in [0.15, 0.2) is 47.8 Å².